The Kier molecular flexibility index (Phi) is 4.95. The van der Waals surface area contributed by atoms with E-state index in [1.165, 1.54) is 50.9 Å². The molecule has 128 valence electrons. The zero-order valence-electron chi connectivity index (χ0n) is 14.1. The first kappa shape index (κ1) is 16.7. The summed E-state index contributed by atoms with van der Waals surface area (Å²) in [4.78, 5) is 10.9. The highest BCUT2D eigenvalue weighted by Crippen LogP contribution is 2.47. The zero-order valence-corrected chi connectivity index (χ0v) is 14.1. The normalized spacial score (nSPS) is 28.0. The lowest BCUT2D eigenvalue weighted by Crippen LogP contribution is -2.43. The molecule has 23 heavy (non-hydrogen) atoms. The van der Waals surface area contributed by atoms with Crippen LogP contribution in [0.4, 0.5) is 8.78 Å². The van der Waals surface area contributed by atoms with Crippen LogP contribution in [0.15, 0.2) is 12.3 Å². The summed E-state index contributed by atoms with van der Waals surface area (Å²) in [6.45, 7) is 5.81. The van der Waals surface area contributed by atoms with Crippen molar-refractivity contribution in [1.29, 1.82) is 0 Å². The average molecular weight is 323 g/mol. The third-order valence-corrected chi connectivity index (χ3v) is 5.47. The third-order valence-electron chi connectivity index (χ3n) is 5.47. The molecule has 3 rings (SSSR count). The monoisotopic (exact) mass is 323 g/mol. The second kappa shape index (κ2) is 6.80. The first-order valence-corrected chi connectivity index (χ1v) is 8.87. The van der Waals surface area contributed by atoms with E-state index in [2.05, 4.69) is 28.7 Å². The van der Waals surface area contributed by atoms with E-state index in [9.17, 15) is 8.78 Å². The Bertz CT molecular complexity index is 535. The van der Waals surface area contributed by atoms with Crippen molar-refractivity contribution in [3.63, 3.8) is 0 Å². The summed E-state index contributed by atoms with van der Waals surface area (Å²) < 4.78 is 25.5. The Balaban J connectivity index is 1.62. The molecule has 5 heteroatoms. The molecule has 0 bridgehead atoms. The van der Waals surface area contributed by atoms with Gasteiger partial charge in [-0.3, -0.25) is 4.90 Å². The number of hydrogen-bond acceptors (Lipinski definition) is 3. The van der Waals surface area contributed by atoms with Crippen molar-refractivity contribution in [1.82, 2.24) is 14.9 Å². The lowest BCUT2D eigenvalue weighted by Gasteiger charge is -2.36. The minimum Gasteiger partial charge on any atom is -0.295 e. The molecule has 0 aliphatic carbocycles. The van der Waals surface area contributed by atoms with Crippen molar-refractivity contribution in [2.24, 2.45) is 5.92 Å². The Morgan fingerprint density at radius 3 is 2.91 bits per heavy atom. The number of aromatic nitrogens is 2. The van der Waals surface area contributed by atoms with Gasteiger partial charge in [-0.1, -0.05) is 13.8 Å². The molecule has 2 fully saturated rings. The van der Waals surface area contributed by atoms with Gasteiger partial charge in [0.05, 0.1) is 0 Å². The van der Waals surface area contributed by atoms with Gasteiger partial charge in [0.25, 0.3) is 6.43 Å². The van der Waals surface area contributed by atoms with Crippen molar-refractivity contribution in [3.8, 4) is 0 Å². The van der Waals surface area contributed by atoms with E-state index in [4.69, 9.17) is 0 Å². The van der Waals surface area contributed by atoms with Gasteiger partial charge in [-0.2, -0.15) is 0 Å². The van der Waals surface area contributed by atoms with Crippen molar-refractivity contribution >= 4 is 0 Å². The second-order valence-electron chi connectivity index (χ2n) is 7.55. The summed E-state index contributed by atoms with van der Waals surface area (Å²) in [5.41, 5.74) is 0.251. The van der Waals surface area contributed by atoms with Gasteiger partial charge in [-0.05, 0) is 57.1 Å². The maximum Gasteiger partial charge on any atom is 0.280 e. The molecule has 0 spiro atoms. The summed E-state index contributed by atoms with van der Waals surface area (Å²) in [5, 5.41) is 0. The predicted molar refractivity (Wildman–Crippen MR) is 86.5 cm³/mol. The molecule has 3 nitrogen and oxygen atoms in total. The van der Waals surface area contributed by atoms with Crippen LogP contribution in [0.2, 0.25) is 0 Å². The topological polar surface area (TPSA) is 29.0 Å². The van der Waals surface area contributed by atoms with Crippen LogP contribution < -0.4 is 0 Å². The smallest absolute Gasteiger partial charge is 0.280 e. The molecular weight excluding hydrogens is 296 g/mol. The molecule has 0 N–H and O–H groups in total. The first-order chi connectivity index (χ1) is 11.0. The quantitative estimate of drug-likeness (QED) is 0.777. The number of aryl methyl sites for hydroxylation is 1. The van der Waals surface area contributed by atoms with Gasteiger partial charge in [0.15, 0.2) is 0 Å². The van der Waals surface area contributed by atoms with E-state index in [1.54, 1.807) is 0 Å². The fourth-order valence-electron chi connectivity index (χ4n) is 4.72. The minimum absolute atomic E-state index is 0.156. The van der Waals surface area contributed by atoms with Gasteiger partial charge in [0.2, 0.25) is 0 Å². The van der Waals surface area contributed by atoms with Gasteiger partial charge in [-0.25, -0.2) is 18.7 Å². The summed E-state index contributed by atoms with van der Waals surface area (Å²) in [6.07, 6.45) is 7.01. The summed E-state index contributed by atoms with van der Waals surface area (Å²) >= 11 is 0. The molecule has 3 heterocycles. The van der Waals surface area contributed by atoms with E-state index in [1.807, 2.05) is 0 Å². The highest BCUT2D eigenvalue weighted by atomic mass is 19.3. The number of halogens is 2. The van der Waals surface area contributed by atoms with Gasteiger partial charge < -0.3 is 0 Å². The number of alkyl halides is 2. The van der Waals surface area contributed by atoms with E-state index >= 15 is 0 Å². The van der Waals surface area contributed by atoms with E-state index in [0.717, 1.165) is 12.3 Å². The van der Waals surface area contributed by atoms with E-state index in [0.29, 0.717) is 23.8 Å². The van der Waals surface area contributed by atoms with Crippen LogP contribution in [0.25, 0.3) is 0 Å². The summed E-state index contributed by atoms with van der Waals surface area (Å²) in [7, 11) is 0. The highest BCUT2D eigenvalue weighted by molar-refractivity contribution is 5.07. The fourth-order valence-corrected chi connectivity index (χ4v) is 4.72. The van der Waals surface area contributed by atoms with Crippen LogP contribution in [0.1, 0.15) is 70.3 Å². The predicted octanol–water partition coefficient (Wildman–Crippen LogP) is 4.39. The molecule has 2 aliphatic heterocycles. The zero-order chi connectivity index (χ0) is 16.4. The standard InChI is InChI=1S/C18H27F2N3/c1-13(2)12-18-8-3-11-23(18)14(6-9-18)4-5-16-21-10-7-15(22-16)17(19)20/h7,10,13-14,17H,3-6,8-9,11-12H2,1-2H3. The molecule has 2 atom stereocenters. The molecule has 1 aromatic heterocycles. The van der Waals surface area contributed by atoms with Gasteiger partial charge in [0, 0.05) is 24.2 Å². The van der Waals surface area contributed by atoms with E-state index in [-0.39, 0.29) is 5.69 Å². The van der Waals surface area contributed by atoms with Crippen LogP contribution >= 0.6 is 0 Å². The van der Waals surface area contributed by atoms with Crippen LogP contribution in [0, 0.1) is 5.92 Å². The van der Waals surface area contributed by atoms with Crippen molar-refractivity contribution < 1.29 is 8.78 Å². The van der Waals surface area contributed by atoms with Gasteiger partial charge >= 0.3 is 0 Å². The van der Waals surface area contributed by atoms with E-state index < -0.39 is 6.43 Å². The molecule has 2 aliphatic rings. The molecule has 2 unspecified atom stereocenters. The summed E-state index contributed by atoms with van der Waals surface area (Å²) in [6, 6.07) is 1.87. The number of hydrogen-bond donors (Lipinski definition) is 0. The number of rotatable bonds is 6. The Morgan fingerprint density at radius 2 is 2.17 bits per heavy atom. The maximum atomic E-state index is 12.7. The van der Waals surface area contributed by atoms with Crippen LogP contribution in [0.3, 0.4) is 0 Å². The molecule has 0 saturated carbocycles. The third kappa shape index (κ3) is 3.54. The minimum atomic E-state index is -2.51. The van der Waals surface area contributed by atoms with Crippen molar-refractivity contribution in [3.05, 3.63) is 23.8 Å². The Labute approximate surface area is 137 Å². The SMILES string of the molecule is CC(C)CC12CCCN1C(CCc1nccc(C(F)F)n1)CC2. The molecule has 1 aromatic rings. The lowest BCUT2D eigenvalue weighted by molar-refractivity contribution is 0.122. The molecular formula is C18H27F2N3. The highest BCUT2D eigenvalue weighted by Gasteiger charge is 2.48. The number of fused-ring (bicyclic) bond motifs is 1. The number of nitrogens with zero attached hydrogens (tertiary/aromatic N) is 3. The van der Waals surface area contributed by atoms with Crippen molar-refractivity contribution in [2.75, 3.05) is 6.54 Å². The molecule has 0 radical (unpaired) electrons. The Morgan fingerprint density at radius 1 is 1.35 bits per heavy atom. The average Bonchev–Trinajstić information content (AvgIpc) is 3.03. The van der Waals surface area contributed by atoms with Crippen LogP contribution in [-0.4, -0.2) is 33.0 Å². The second-order valence-corrected chi connectivity index (χ2v) is 7.55. The van der Waals surface area contributed by atoms with Crippen LogP contribution in [0.5, 0.6) is 0 Å². The van der Waals surface area contributed by atoms with Crippen LogP contribution in [-0.2, 0) is 6.42 Å². The molecule has 0 aromatic carbocycles. The Hall–Kier alpha value is -1.10. The lowest BCUT2D eigenvalue weighted by atomic mass is 9.85. The largest absolute Gasteiger partial charge is 0.295 e. The molecule has 0 amide bonds. The van der Waals surface area contributed by atoms with Gasteiger partial charge in [0.1, 0.15) is 11.5 Å². The van der Waals surface area contributed by atoms with Gasteiger partial charge in [-0.15, -0.1) is 0 Å². The van der Waals surface area contributed by atoms with Crippen molar-refractivity contribution in [2.45, 2.75) is 76.8 Å². The molecule has 2 saturated heterocycles. The fraction of sp³-hybridized carbons (Fsp3) is 0.778. The summed E-state index contributed by atoms with van der Waals surface area (Å²) in [5.74, 6) is 1.28. The maximum absolute atomic E-state index is 12.7. The first-order valence-electron chi connectivity index (χ1n) is 8.87.